The third-order valence-electron chi connectivity index (χ3n) is 3.86. The van der Waals surface area contributed by atoms with E-state index < -0.39 is 5.67 Å². The molecule has 3 rings (SSSR count). The first-order chi connectivity index (χ1) is 10.2. The average molecular weight is 287 g/mol. The van der Waals surface area contributed by atoms with Crippen LogP contribution in [0, 0.1) is 0 Å². The lowest BCUT2D eigenvalue weighted by atomic mass is 9.89. The molecule has 1 aliphatic heterocycles. The maximum absolute atomic E-state index is 14.9. The number of pyridine rings is 1. The van der Waals surface area contributed by atoms with Gasteiger partial charge in [-0.3, -0.25) is 9.88 Å². The van der Waals surface area contributed by atoms with Crippen LogP contribution in [-0.2, 0) is 12.2 Å². The fourth-order valence-corrected chi connectivity index (χ4v) is 2.64. The van der Waals surface area contributed by atoms with Crippen molar-refractivity contribution in [2.75, 3.05) is 18.8 Å². The molecule has 2 aromatic heterocycles. The first kappa shape index (κ1) is 13.9. The molecule has 0 amide bonds. The van der Waals surface area contributed by atoms with Gasteiger partial charge in [0, 0.05) is 25.5 Å². The van der Waals surface area contributed by atoms with Gasteiger partial charge in [-0.1, -0.05) is 6.07 Å². The van der Waals surface area contributed by atoms with Crippen molar-refractivity contribution in [3.05, 3.63) is 48.2 Å². The van der Waals surface area contributed by atoms with Gasteiger partial charge in [-0.15, -0.1) is 0 Å². The van der Waals surface area contributed by atoms with E-state index in [2.05, 4.69) is 19.9 Å². The molecule has 0 saturated carbocycles. The Morgan fingerprint density at radius 3 is 2.62 bits per heavy atom. The van der Waals surface area contributed by atoms with Crippen molar-refractivity contribution < 1.29 is 4.39 Å². The Bertz CT molecular complexity index is 596. The number of hydrogen-bond donors (Lipinski definition) is 1. The number of piperidine rings is 1. The first-order valence-corrected chi connectivity index (χ1v) is 7.06. The van der Waals surface area contributed by atoms with E-state index in [4.69, 9.17) is 5.73 Å². The molecule has 21 heavy (non-hydrogen) atoms. The van der Waals surface area contributed by atoms with Crippen LogP contribution in [0.25, 0.3) is 0 Å². The molecule has 1 aliphatic rings. The second-order valence-corrected chi connectivity index (χ2v) is 5.35. The fraction of sp³-hybridized carbons (Fsp3) is 0.400. The van der Waals surface area contributed by atoms with Crippen LogP contribution in [0.15, 0.2) is 36.7 Å². The number of nitrogens with two attached hydrogens (primary N) is 1. The quantitative estimate of drug-likeness (QED) is 0.934. The third kappa shape index (κ3) is 3.16. The monoisotopic (exact) mass is 287 g/mol. The molecule has 2 aromatic rings. The standard InChI is InChI=1S/C15H18FN5/c16-15(12-3-1-2-7-18-12)5-9-21(10-6-15)11-14-19-8-4-13(17)20-14/h1-4,7-8H,5-6,9-11H2,(H2,17,19,20). The van der Waals surface area contributed by atoms with Gasteiger partial charge in [0.05, 0.1) is 12.2 Å². The Hall–Kier alpha value is -2.08. The summed E-state index contributed by atoms with van der Waals surface area (Å²) in [4.78, 5) is 14.7. The van der Waals surface area contributed by atoms with Crippen LogP contribution in [0.1, 0.15) is 24.4 Å². The van der Waals surface area contributed by atoms with E-state index in [0.717, 1.165) is 0 Å². The van der Waals surface area contributed by atoms with Crippen molar-refractivity contribution in [3.63, 3.8) is 0 Å². The highest BCUT2D eigenvalue weighted by molar-refractivity contribution is 5.25. The highest BCUT2D eigenvalue weighted by Crippen LogP contribution is 2.35. The summed E-state index contributed by atoms with van der Waals surface area (Å²) < 4.78 is 14.9. The highest BCUT2D eigenvalue weighted by Gasteiger charge is 2.37. The lowest BCUT2D eigenvalue weighted by Crippen LogP contribution is -2.40. The van der Waals surface area contributed by atoms with Gasteiger partial charge in [0.2, 0.25) is 0 Å². The maximum atomic E-state index is 14.9. The van der Waals surface area contributed by atoms with Gasteiger partial charge in [0.1, 0.15) is 11.6 Å². The number of halogens is 1. The minimum atomic E-state index is -1.33. The van der Waals surface area contributed by atoms with E-state index in [1.165, 1.54) is 0 Å². The molecule has 3 heterocycles. The zero-order valence-electron chi connectivity index (χ0n) is 11.7. The molecule has 5 nitrogen and oxygen atoms in total. The van der Waals surface area contributed by atoms with E-state index in [0.29, 0.717) is 49.8 Å². The Morgan fingerprint density at radius 2 is 1.95 bits per heavy atom. The molecule has 0 radical (unpaired) electrons. The van der Waals surface area contributed by atoms with E-state index in [1.54, 1.807) is 30.6 Å². The number of alkyl halides is 1. The molecule has 0 unspecified atom stereocenters. The molecule has 1 fully saturated rings. The van der Waals surface area contributed by atoms with Crippen LogP contribution in [0.4, 0.5) is 10.2 Å². The molecule has 0 spiro atoms. The Morgan fingerprint density at radius 1 is 1.14 bits per heavy atom. The highest BCUT2D eigenvalue weighted by atomic mass is 19.1. The van der Waals surface area contributed by atoms with Gasteiger partial charge in [0.25, 0.3) is 0 Å². The SMILES string of the molecule is Nc1ccnc(CN2CCC(F)(c3ccccn3)CC2)n1. The van der Waals surface area contributed by atoms with E-state index in [1.807, 2.05) is 6.07 Å². The summed E-state index contributed by atoms with van der Waals surface area (Å²) >= 11 is 0. The summed E-state index contributed by atoms with van der Waals surface area (Å²) in [5.74, 6) is 1.14. The first-order valence-electron chi connectivity index (χ1n) is 7.06. The molecular formula is C15H18FN5. The van der Waals surface area contributed by atoms with Crippen LogP contribution < -0.4 is 5.73 Å². The lowest BCUT2D eigenvalue weighted by molar-refractivity contribution is 0.0480. The maximum Gasteiger partial charge on any atom is 0.155 e. The smallest absolute Gasteiger partial charge is 0.155 e. The van der Waals surface area contributed by atoms with Gasteiger partial charge in [-0.2, -0.15) is 0 Å². The zero-order chi connectivity index (χ0) is 14.7. The van der Waals surface area contributed by atoms with Crippen LogP contribution in [0.5, 0.6) is 0 Å². The van der Waals surface area contributed by atoms with Crippen LogP contribution in [0.2, 0.25) is 0 Å². The summed E-state index contributed by atoms with van der Waals surface area (Å²) in [7, 11) is 0. The summed E-state index contributed by atoms with van der Waals surface area (Å²) in [6.07, 6.45) is 4.16. The van der Waals surface area contributed by atoms with Gasteiger partial charge in [-0.25, -0.2) is 14.4 Å². The van der Waals surface area contributed by atoms with E-state index >= 15 is 0 Å². The molecule has 110 valence electrons. The second kappa shape index (κ2) is 5.73. The minimum Gasteiger partial charge on any atom is -0.384 e. The number of anilines is 1. The number of nitrogens with zero attached hydrogens (tertiary/aromatic N) is 4. The Balaban J connectivity index is 1.63. The predicted molar refractivity (Wildman–Crippen MR) is 78.0 cm³/mol. The van der Waals surface area contributed by atoms with Crippen LogP contribution in [0.3, 0.4) is 0 Å². The van der Waals surface area contributed by atoms with E-state index in [9.17, 15) is 4.39 Å². The summed E-state index contributed by atoms with van der Waals surface area (Å²) in [6.45, 7) is 1.92. The third-order valence-corrected chi connectivity index (χ3v) is 3.86. The molecule has 0 atom stereocenters. The lowest BCUT2D eigenvalue weighted by Gasteiger charge is -2.35. The molecule has 2 N–H and O–H groups in total. The number of rotatable bonds is 3. The molecular weight excluding hydrogens is 269 g/mol. The van der Waals surface area contributed by atoms with Gasteiger partial charge < -0.3 is 5.73 Å². The van der Waals surface area contributed by atoms with Crippen molar-refractivity contribution in [1.29, 1.82) is 0 Å². The van der Waals surface area contributed by atoms with Gasteiger partial charge in [-0.05, 0) is 31.0 Å². The molecule has 0 bridgehead atoms. The normalized spacial score (nSPS) is 18.5. The van der Waals surface area contributed by atoms with Crippen molar-refractivity contribution in [2.24, 2.45) is 0 Å². The summed E-state index contributed by atoms with van der Waals surface area (Å²) in [5.41, 5.74) is 4.85. The van der Waals surface area contributed by atoms with Crippen molar-refractivity contribution in [2.45, 2.75) is 25.1 Å². The van der Waals surface area contributed by atoms with Crippen molar-refractivity contribution in [3.8, 4) is 0 Å². The van der Waals surface area contributed by atoms with Crippen LogP contribution >= 0.6 is 0 Å². The summed E-state index contributed by atoms with van der Waals surface area (Å²) in [5, 5.41) is 0. The zero-order valence-corrected chi connectivity index (χ0v) is 11.7. The summed E-state index contributed by atoms with van der Waals surface area (Å²) in [6, 6.07) is 7.06. The molecule has 1 saturated heterocycles. The predicted octanol–water partition coefficient (Wildman–Crippen LogP) is 1.91. The average Bonchev–Trinajstić information content (AvgIpc) is 2.51. The Labute approximate surface area is 123 Å². The van der Waals surface area contributed by atoms with Crippen LogP contribution in [-0.4, -0.2) is 32.9 Å². The molecule has 0 aliphatic carbocycles. The number of aromatic nitrogens is 3. The Kier molecular flexibility index (Phi) is 3.79. The van der Waals surface area contributed by atoms with Gasteiger partial charge >= 0.3 is 0 Å². The number of nitrogen functional groups attached to an aromatic ring is 1. The second-order valence-electron chi connectivity index (χ2n) is 5.35. The number of likely N-dealkylation sites (tertiary alicyclic amines) is 1. The molecule has 0 aromatic carbocycles. The topological polar surface area (TPSA) is 67.9 Å². The number of hydrogen-bond acceptors (Lipinski definition) is 5. The minimum absolute atomic E-state index is 0.437. The van der Waals surface area contributed by atoms with E-state index in [-0.39, 0.29) is 0 Å². The molecule has 6 heteroatoms. The van der Waals surface area contributed by atoms with Gasteiger partial charge in [0.15, 0.2) is 5.67 Å². The van der Waals surface area contributed by atoms with Crippen molar-refractivity contribution >= 4 is 5.82 Å². The van der Waals surface area contributed by atoms with Crippen molar-refractivity contribution in [1.82, 2.24) is 19.9 Å². The largest absolute Gasteiger partial charge is 0.384 e. The fourth-order valence-electron chi connectivity index (χ4n) is 2.64.